The molecule has 0 N–H and O–H groups in total. The molecule has 5 heteroatoms. The lowest BCUT2D eigenvalue weighted by molar-refractivity contribution is 0.315. The monoisotopic (exact) mass is 402 g/mol. The summed E-state index contributed by atoms with van der Waals surface area (Å²) >= 11 is 0. The van der Waals surface area contributed by atoms with Crippen molar-refractivity contribution in [1.82, 2.24) is 15.1 Å². The maximum Gasteiger partial charge on any atom is 0.248 e. The largest absolute Gasteiger partial charge is 0.417 e. The minimum Gasteiger partial charge on any atom is -0.417 e. The molecule has 2 aromatic carbocycles. The van der Waals surface area contributed by atoms with Crippen LogP contribution in [0, 0.1) is 0 Å². The predicted octanol–water partition coefficient (Wildman–Crippen LogP) is 5.17. The van der Waals surface area contributed by atoms with Crippen molar-refractivity contribution in [2.45, 2.75) is 32.2 Å². The standard InChI is InChI=1S/C25H30N4O/c1-18(2)20-8-5-19(6-9-20)7-14-24-26-27-25(30-24)21-10-12-22(13-11-21)29-16-15-23(17-29)28(3)4/h5-14,18,23H,15-17H2,1-4H3/b14-7+. The van der Waals surface area contributed by atoms with E-state index in [2.05, 4.69) is 96.5 Å². The van der Waals surface area contributed by atoms with Crippen LogP contribution in [0.2, 0.25) is 0 Å². The highest BCUT2D eigenvalue weighted by atomic mass is 16.4. The maximum atomic E-state index is 5.84. The van der Waals surface area contributed by atoms with Crippen LogP contribution in [0.5, 0.6) is 0 Å². The van der Waals surface area contributed by atoms with Gasteiger partial charge in [-0.25, -0.2) is 0 Å². The molecule has 30 heavy (non-hydrogen) atoms. The summed E-state index contributed by atoms with van der Waals surface area (Å²) in [6.07, 6.45) is 5.06. The van der Waals surface area contributed by atoms with E-state index < -0.39 is 0 Å². The van der Waals surface area contributed by atoms with Gasteiger partial charge in [-0.15, -0.1) is 10.2 Å². The second-order valence-corrected chi connectivity index (χ2v) is 8.50. The third-order valence-electron chi connectivity index (χ3n) is 5.84. The van der Waals surface area contributed by atoms with Crippen molar-refractivity contribution in [2.24, 2.45) is 0 Å². The van der Waals surface area contributed by atoms with Gasteiger partial charge in [0.1, 0.15) is 0 Å². The van der Waals surface area contributed by atoms with Gasteiger partial charge in [0.15, 0.2) is 0 Å². The lowest BCUT2D eigenvalue weighted by atomic mass is 10.0. The van der Waals surface area contributed by atoms with Crippen molar-refractivity contribution < 1.29 is 4.42 Å². The molecule has 1 atom stereocenters. The van der Waals surface area contributed by atoms with Crippen LogP contribution in [-0.2, 0) is 0 Å². The molecule has 4 rings (SSSR count). The van der Waals surface area contributed by atoms with E-state index >= 15 is 0 Å². The average molecular weight is 403 g/mol. The van der Waals surface area contributed by atoms with Crippen LogP contribution in [0.15, 0.2) is 52.9 Å². The van der Waals surface area contributed by atoms with Gasteiger partial charge in [-0.2, -0.15) is 0 Å². The van der Waals surface area contributed by atoms with Crippen LogP contribution in [-0.4, -0.2) is 48.3 Å². The summed E-state index contributed by atoms with van der Waals surface area (Å²) in [7, 11) is 4.30. The Morgan fingerprint density at radius 1 is 1.00 bits per heavy atom. The van der Waals surface area contributed by atoms with Crippen LogP contribution in [0.3, 0.4) is 0 Å². The molecule has 1 aliphatic heterocycles. The van der Waals surface area contributed by atoms with Gasteiger partial charge in [-0.05, 0) is 67.9 Å². The van der Waals surface area contributed by atoms with Crippen LogP contribution >= 0.6 is 0 Å². The molecule has 0 saturated carbocycles. The number of likely N-dealkylation sites (N-methyl/N-ethyl adjacent to an activating group) is 1. The first-order chi connectivity index (χ1) is 14.5. The van der Waals surface area contributed by atoms with E-state index in [1.807, 2.05) is 12.2 Å². The summed E-state index contributed by atoms with van der Waals surface area (Å²) in [5, 5.41) is 8.37. The summed E-state index contributed by atoms with van der Waals surface area (Å²) in [6, 6.07) is 17.6. The molecule has 0 aliphatic carbocycles. The minimum absolute atomic E-state index is 0.510. The van der Waals surface area contributed by atoms with Crippen LogP contribution in [0.4, 0.5) is 5.69 Å². The van der Waals surface area contributed by atoms with Crippen molar-refractivity contribution in [3.05, 3.63) is 65.5 Å². The first-order valence-electron chi connectivity index (χ1n) is 10.6. The predicted molar refractivity (Wildman–Crippen MR) is 123 cm³/mol. The Morgan fingerprint density at radius 2 is 1.73 bits per heavy atom. The number of benzene rings is 2. The van der Waals surface area contributed by atoms with Gasteiger partial charge >= 0.3 is 0 Å². The Bertz CT molecular complexity index is 987. The van der Waals surface area contributed by atoms with Gasteiger partial charge in [0.2, 0.25) is 11.8 Å². The molecule has 1 saturated heterocycles. The number of nitrogens with zero attached hydrogens (tertiary/aromatic N) is 4. The zero-order valence-corrected chi connectivity index (χ0v) is 18.2. The highest BCUT2D eigenvalue weighted by Gasteiger charge is 2.24. The van der Waals surface area contributed by atoms with Crippen LogP contribution in [0.25, 0.3) is 23.6 Å². The Kier molecular flexibility index (Phi) is 6.00. The summed E-state index contributed by atoms with van der Waals surface area (Å²) in [4.78, 5) is 4.74. The number of hydrogen-bond donors (Lipinski definition) is 0. The highest BCUT2D eigenvalue weighted by molar-refractivity contribution is 5.67. The number of hydrogen-bond acceptors (Lipinski definition) is 5. The fraction of sp³-hybridized carbons (Fsp3) is 0.360. The zero-order valence-electron chi connectivity index (χ0n) is 18.2. The fourth-order valence-corrected chi connectivity index (χ4v) is 3.79. The second kappa shape index (κ2) is 8.84. The maximum absolute atomic E-state index is 5.84. The highest BCUT2D eigenvalue weighted by Crippen LogP contribution is 2.26. The first-order valence-corrected chi connectivity index (χ1v) is 10.6. The second-order valence-electron chi connectivity index (χ2n) is 8.50. The van der Waals surface area contributed by atoms with Crippen molar-refractivity contribution in [3.63, 3.8) is 0 Å². The quantitative estimate of drug-likeness (QED) is 0.569. The molecule has 0 amide bonds. The average Bonchev–Trinajstić information content (AvgIpc) is 3.43. The van der Waals surface area contributed by atoms with Gasteiger partial charge in [0.05, 0.1) is 0 Å². The molecule has 1 aromatic heterocycles. The number of rotatable bonds is 6. The van der Waals surface area contributed by atoms with E-state index in [9.17, 15) is 0 Å². The minimum atomic E-state index is 0.510. The lowest BCUT2D eigenvalue weighted by Gasteiger charge is -2.21. The van der Waals surface area contributed by atoms with Gasteiger partial charge in [0.25, 0.3) is 0 Å². The normalized spacial score (nSPS) is 17.0. The number of anilines is 1. The molecule has 3 aromatic rings. The van der Waals surface area contributed by atoms with Crippen molar-refractivity contribution in [2.75, 3.05) is 32.1 Å². The molecule has 1 aliphatic rings. The molecule has 156 valence electrons. The van der Waals surface area contributed by atoms with Gasteiger partial charge in [-0.3, -0.25) is 0 Å². The summed E-state index contributed by atoms with van der Waals surface area (Å²) < 4.78 is 5.84. The smallest absolute Gasteiger partial charge is 0.248 e. The SMILES string of the molecule is CC(C)c1ccc(/C=C/c2nnc(-c3ccc(N4CCC(N(C)C)C4)cc3)o2)cc1. The molecule has 2 heterocycles. The van der Waals surface area contributed by atoms with Gasteiger partial charge < -0.3 is 14.2 Å². The van der Waals surface area contributed by atoms with E-state index in [4.69, 9.17) is 4.42 Å². The molecule has 0 bridgehead atoms. The fourth-order valence-electron chi connectivity index (χ4n) is 3.79. The molecule has 1 unspecified atom stereocenters. The van der Waals surface area contributed by atoms with Crippen molar-refractivity contribution in [1.29, 1.82) is 0 Å². The first kappa shape index (κ1) is 20.4. The van der Waals surface area contributed by atoms with E-state index in [1.165, 1.54) is 17.7 Å². The van der Waals surface area contributed by atoms with E-state index in [-0.39, 0.29) is 0 Å². The lowest BCUT2D eigenvalue weighted by Crippen LogP contribution is -2.31. The van der Waals surface area contributed by atoms with Crippen LogP contribution in [0.1, 0.15) is 43.2 Å². The Labute approximate surface area is 179 Å². The summed E-state index contributed by atoms with van der Waals surface area (Å²) in [5.74, 6) is 1.59. The molecule has 0 spiro atoms. The van der Waals surface area contributed by atoms with E-state index in [1.54, 1.807) is 0 Å². The summed E-state index contributed by atoms with van der Waals surface area (Å²) in [5.41, 5.74) is 4.63. The molecule has 1 fully saturated rings. The van der Waals surface area contributed by atoms with E-state index in [0.29, 0.717) is 23.7 Å². The number of aromatic nitrogens is 2. The third-order valence-corrected chi connectivity index (χ3v) is 5.84. The van der Waals surface area contributed by atoms with Gasteiger partial charge in [-0.1, -0.05) is 38.1 Å². The topological polar surface area (TPSA) is 45.4 Å². The van der Waals surface area contributed by atoms with Crippen LogP contribution < -0.4 is 4.90 Å². The molecular weight excluding hydrogens is 372 g/mol. The summed E-state index contributed by atoms with van der Waals surface area (Å²) in [6.45, 7) is 6.56. The molecular formula is C25H30N4O. The zero-order chi connectivity index (χ0) is 21.1. The van der Waals surface area contributed by atoms with Crippen molar-refractivity contribution in [3.8, 4) is 11.5 Å². The molecule has 5 nitrogen and oxygen atoms in total. The van der Waals surface area contributed by atoms with Gasteiger partial charge in [0, 0.05) is 36.5 Å². The Balaban J connectivity index is 1.41. The third kappa shape index (κ3) is 4.62. The molecule has 0 radical (unpaired) electrons. The Hall–Kier alpha value is -2.92. The Morgan fingerprint density at radius 3 is 2.37 bits per heavy atom. The van der Waals surface area contributed by atoms with Crippen molar-refractivity contribution >= 4 is 17.8 Å². The van der Waals surface area contributed by atoms with E-state index in [0.717, 1.165) is 24.2 Å².